The summed E-state index contributed by atoms with van der Waals surface area (Å²) < 4.78 is 1.91. The Bertz CT molecular complexity index is 343. The highest BCUT2D eigenvalue weighted by Crippen LogP contribution is 2.33. The van der Waals surface area contributed by atoms with E-state index in [4.69, 9.17) is 5.73 Å². The summed E-state index contributed by atoms with van der Waals surface area (Å²) in [5.41, 5.74) is 7.15. The third kappa shape index (κ3) is 2.95. The Morgan fingerprint density at radius 2 is 1.93 bits per heavy atom. The molecule has 2 nitrogen and oxygen atoms in total. The van der Waals surface area contributed by atoms with Gasteiger partial charge in [-0.2, -0.15) is 0 Å². The van der Waals surface area contributed by atoms with Gasteiger partial charge in [0.1, 0.15) is 5.82 Å². The first-order chi connectivity index (χ1) is 6.31. The Morgan fingerprint density at radius 1 is 1.36 bits per heavy atom. The molecule has 1 heterocycles. The number of pyridine rings is 1. The van der Waals surface area contributed by atoms with E-state index in [2.05, 4.69) is 57.6 Å². The molecule has 0 unspecified atom stereocenters. The molecule has 0 fully saturated rings. The van der Waals surface area contributed by atoms with E-state index in [0.717, 1.165) is 15.4 Å². The van der Waals surface area contributed by atoms with Crippen LogP contribution in [0.25, 0.3) is 0 Å². The minimum Gasteiger partial charge on any atom is -0.383 e. The Balaban J connectivity index is 3.13. The SMILES string of the molecule is CC(C)(C)Cc1c(Br)cnc(N)c1Br. The Hall–Kier alpha value is -0.0900. The van der Waals surface area contributed by atoms with E-state index in [1.165, 1.54) is 5.56 Å². The summed E-state index contributed by atoms with van der Waals surface area (Å²) in [4.78, 5) is 4.05. The van der Waals surface area contributed by atoms with Crippen LogP contribution in [0.3, 0.4) is 0 Å². The lowest BCUT2D eigenvalue weighted by molar-refractivity contribution is 0.409. The van der Waals surface area contributed by atoms with Gasteiger partial charge in [0.15, 0.2) is 0 Å². The van der Waals surface area contributed by atoms with E-state index in [0.29, 0.717) is 5.82 Å². The maximum atomic E-state index is 5.73. The van der Waals surface area contributed by atoms with Gasteiger partial charge in [-0.3, -0.25) is 0 Å². The zero-order valence-electron chi connectivity index (χ0n) is 8.56. The van der Waals surface area contributed by atoms with Crippen molar-refractivity contribution in [2.45, 2.75) is 27.2 Å². The molecule has 1 aromatic heterocycles. The first-order valence-corrected chi connectivity index (χ1v) is 5.98. The molecule has 0 saturated carbocycles. The number of aromatic nitrogens is 1. The summed E-state index contributed by atoms with van der Waals surface area (Å²) in [6.07, 6.45) is 2.71. The van der Waals surface area contributed by atoms with Crippen LogP contribution in [0.2, 0.25) is 0 Å². The van der Waals surface area contributed by atoms with Gasteiger partial charge in [0.2, 0.25) is 0 Å². The highest BCUT2D eigenvalue weighted by Gasteiger charge is 2.17. The van der Waals surface area contributed by atoms with Crippen molar-refractivity contribution in [1.82, 2.24) is 4.98 Å². The van der Waals surface area contributed by atoms with Crippen molar-refractivity contribution < 1.29 is 0 Å². The normalized spacial score (nSPS) is 11.8. The van der Waals surface area contributed by atoms with Crippen LogP contribution in [0.5, 0.6) is 0 Å². The molecule has 78 valence electrons. The molecular weight excluding hydrogens is 308 g/mol. The molecule has 2 N–H and O–H groups in total. The van der Waals surface area contributed by atoms with Crippen molar-refractivity contribution >= 4 is 37.7 Å². The van der Waals surface area contributed by atoms with Crippen LogP contribution in [-0.4, -0.2) is 4.98 Å². The number of anilines is 1. The summed E-state index contributed by atoms with van der Waals surface area (Å²) in [6, 6.07) is 0. The molecular formula is C10H14Br2N2. The van der Waals surface area contributed by atoms with Crippen molar-refractivity contribution in [2.24, 2.45) is 5.41 Å². The highest BCUT2D eigenvalue weighted by atomic mass is 79.9. The molecule has 0 aliphatic rings. The molecule has 0 bridgehead atoms. The number of nitrogens with zero attached hydrogens (tertiary/aromatic N) is 1. The summed E-state index contributed by atoms with van der Waals surface area (Å²) in [5, 5.41) is 0. The fourth-order valence-corrected chi connectivity index (χ4v) is 2.38. The van der Waals surface area contributed by atoms with E-state index >= 15 is 0 Å². The van der Waals surface area contributed by atoms with E-state index in [-0.39, 0.29) is 5.41 Å². The lowest BCUT2D eigenvalue weighted by atomic mass is 9.88. The summed E-state index contributed by atoms with van der Waals surface area (Å²) in [5.74, 6) is 0.549. The molecule has 0 aromatic carbocycles. The lowest BCUT2D eigenvalue weighted by Gasteiger charge is -2.20. The van der Waals surface area contributed by atoms with Gasteiger partial charge in [-0.25, -0.2) is 4.98 Å². The maximum Gasteiger partial charge on any atom is 0.138 e. The second-order valence-electron chi connectivity index (χ2n) is 4.52. The first-order valence-electron chi connectivity index (χ1n) is 4.39. The topological polar surface area (TPSA) is 38.9 Å². The van der Waals surface area contributed by atoms with E-state index in [1.54, 1.807) is 6.20 Å². The summed E-state index contributed by atoms with van der Waals surface area (Å²) in [6.45, 7) is 6.59. The minimum absolute atomic E-state index is 0.235. The molecule has 0 amide bonds. The van der Waals surface area contributed by atoms with Crippen molar-refractivity contribution in [3.8, 4) is 0 Å². The molecule has 4 heteroatoms. The fraction of sp³-hybridized carbons (Fsp3) is 0.500. The summed E-state index contributed by atoms with van der Waals surface area (Å²) >= 11 is 6.95. The van der Waals surface area contributed by atoms with E-state index in [1.807, 2.05) is 0 Å². The smallest absolute Gasteiger partial charge is 0.138 e. The quantitative estimate of drug-likeness (QED) is 0.855. The third-order valence-electron chi connectivity index (χ3n) is 1.80. The molecule has 0 radical (unpaired) electrons. The third-order valence-corrected chi connectivity index (χ3v) is 3.37. The van der Waals surface area contributed by atoms with Gasteiger partial charge < -0.3 is 5.73 Å². The largest absolute Gasteiger partial charge is 0.383 e. The molecule has 0 aliphatic carbocycles. The monoisotopic (exact) mass is 320 g/mol. The van der Waals surface area contributed by atoms with Crippen molar-refractivity contribution in [3.05, 3.63) is 20.7 Å². The van der Waals surface area contributed by atoms with Crippen LogP contribution in [0.1, 0.15) is 26.3 Å². The van der Waals surface area contributed by atoms with Gasteiger partial charge >= 0.3 is 0 Å². The van der Waals surface area contributed by atoms with Crippen LogP contribution in [0.4, 0.5) is 5.82 Å². The van der Waals surface area contributed by atoms with Crippen LogP contribution >= 0.6 is 31.9 Å². The van der Waals surface area contributed by atoms with Crippen molar-refractivity contribution in [2.75, 3.05) is 5.73 Å². The summed E-state index contributed by atoms with van der Waals surface area (Å²) in [7, 11) is 0. The van der Waals surface area contributed by atoms with Gasteiger partial charge in [0.25, 0.3) is 0 Å². The molecule has 1 aromatic rings. The number of nitrogens with two attached hydrogens (primary N) is 1. The molecule has 0 atom stereocenters. The Labute approximate surface area is 102 Å². The zero-order valence-corrected chi connectivity index (χ0v) is 11.7. The predicted octanol–water partition coefficient (Wildman–Crippen LogP) is 3.78. The number of rotatable bonds is 1. The molecule has 14 heavy (non-hydrogen) atoms. The van der Waals surface area contributed by atoms with Gasteiger partial charge in [-0.05, 0) is 49.3 Å². The number of hydrogen-bond donors (Lipinski definition) is 1. The van der Waals surface area contributed by atoms with Gasteiger partial charge in [-0.1, -0.05) is 20.8 Å². The molecule has 0 saturated heterocycles. The molecule has 1 rings (SSSR count). The van der Waals surface area contributed by atoms with Gasteiger partial charge in [-0.15, -0.1) is 0 Å². The average molecular weight is 322 g/mol. The number of nitrogen functional groups attached to an aromatic ring is 1. The van der Waals surface area contributed by atoms with Crippen molar-refractivity contribution in [1.29, 1.82) is 0 Å². The second kappa shape index (κ2) is 4.19. The van der Waals surface area contributed by atoms with Gasteiger partial charge in [0.05, 0.1) is 4.47 Å². The number of hydrogen-bond acceptors (Lipinski definition) is 2. The fourth-order valence-electron chi connectivity index (χ4n) is 1.21. The van der Waals surface area contributed by atoms with E-state index in [9.17, 15) is 0 Å². The first kappa shape index (κ1) is 12.0. The zero-order chi connectivity index (χ0) is 10.9. The minimum atomic E-state index is 0.235. The highest BCUT2D eigenvalue weighted by molar-refractivity contribution is 9.11. The Morgan fingerprint density at radius 3 is 2.43 bits per heavy atom. The molecule has 0 spiro atoms. The molecule has 0 aliphatic heterocycles. The van der Waals surface area contributed by atoms with E-state index < -0.39 is 0 Å². The second-order valence-corrected chi connectivity index (χ2v) is 6.17. The van der Waals surface area contributed by atoms with Gasteiger partial charge in [0, 0.05) is 10.7 Å². The standard InChI is InChI=1S/C10H14Br2N2/c1-10(2,3)4-6-7(11)5-14-9(13)8(6)12/h5H,4H2,1-3H3,(H2,13,14). The Kier molecular flexibility index (Phi) is 3.58. The maximum absolute atomic E-state index is 5.73. The van der Waals surface area contributed by atoms with Crippen LogP contribution in [0.15, 0.2) is 15.1 Å². The van der Waals surface area contributed by atoms with Crippen LogP contribution in [0, 0.1) is 5.41 Å². The average Bonchev–Trinajstić information content (AvgIpc) is 2.04. The lowest BCUT2D eigenvalue weighted by Crippen LogP contribution is -2.11. The van der Waals surface area contributed by atoms with Crippen LogP contribution in [-0.2, 0) is 6.42 Å². The van der Waals surface area contributed by atoms with Crippen molar-refractivity contribution in [3.63, 3.8) is 0 Å². The van der Waals surface area contributed by atoms with Crippen LogP contribution < -0.4 is 5.73 Å². The number of halogens is 2. The predicted molar refractivity (Wildman–Crippen MR) is 67.2 cm³/mol.